The van der Waals surface area contributed by atoms with Gasteiger partial charge in [0, 0.05) is 23.0 Å². The van der Waals surface area contributed by atoms with Gasteiger partial charge in [-0.2, -0.15) is 0 Å². The third kappa shape index (κ3) is 5.50. The van der Waals surface area contributed by atoms with Crippen LogP contribution in [-0.2, 0) is 19.4 Å². The van der Waals surface area contributed by atoms with Gasteiger partial charge in [-0.1, -0.05) is 11.6 Å². The van der Waals surface area contributed by atoms with Crippen molar-refractivity contribution >= 4 is 44.7 Å². The Morgan fingerprint density at radius 3 is 2.37 bits per heavy atom. The maximum absolute atomic E-state index is 12.0. The Hall–Kier alpha value is -2.98. The molecule has 0 aliphatic rings. The molecule has 0 atom stereocenters. The predicted molar refractivity (Wildman–Crippen MR) is 96.6 cm³/mol. The van der Waals surface area contributed by atoms with Crippen LogP contribution in [0.3, 0.4) is 0 Å². The number of benzene rings is 2. The van der Waals surface area contributed by atoms with Crippen molar-refractivity contribution in [2.45, 2.75) is 4.90 Å². The van der Waals surface area contributed by atoms with Gasteiger partial charge in [0.2, 0.25) is 0 Å². The number of sulfone groups is 1. The molecule has 0 aliphatic heterocycles. The summed E-state index contributed by atoms with van der Waals surface area (Å²) >= 11 is 5.73. The maximum atomic E-state index is 12.0. The lowest BCUT2D eigenvalue weighted by Gasteiger charge is -2.07. The first-order valence-electron chi connectivity index (χ1n) is 7.29. The smallest absolute Gasteiger partial charge is 0.338 e. The number of nitro groups is 1. The molecular weight excluding hydrogens is 400 g/mol. The highest BCUT2D eigenvalue weighted by molar-refractivity contribution is 7.90. The molecule has 0 fully saturated rings. The van der Waals surface area contributed by atoms with Crippen molar-refractivity contribution in [2.75, 3.05) is 18.2 Å². The van der Waals surface area contributed by atoms with E-state index in [9.17, 15) is 28.1 Å². The standard InChI is InChI=1S/C16H13ClN2O7S/c1-27(24,25)14-7-2-10(8-13(14)19(22)23)16(21)26-9-15(20)18-12-5-3-11(17)4-6-12/h2-8H,9H2,1H3,(H,18,20). The van der Waals surface area contributed by atoms with Crippen molar-refractivity contribution in [2.24, 2.45) is 0 Å². The molecule has 9 nitrogen and oxygen atoms in total. The summed E-state index contributed by atoms with van der Waals surface area (Å²) in [5.41, 5.74) is -0.570. The van der Waals surface area contributed by atoms with Gasteiger partial charge in [0.15, 0.2) is 16.4 Å². The van der Waals surface area contributed by atoms with E-state index in [-0.39, 0.29) is 5.56 Å². The van der Waals surface area contributed by atoms with E-state index in [2.05, 4.69) is 5.32 Å². The van der Waals surface area contributed by atoms with Crippen LogP contribution in [0.5, 0.6) is 0 Å². The number of nitrogens with one attached hydrogen (secondary N) is 1. The van der Waals surface area contributed by atoms with Crippen LogP contribution in [0.1, 0.15) is 10.4 Å². The number of rotatable bonds is 6. The number of nitro benzene ring substituents is 1. The summed E-state index contributed by atoms with van der Waals surface area (Å²) in [6.07, 6.45) is 0.814. The van der Waals surface area contributed by atoms with Crippen LogP contribution in [0.2, 0.25) is 5.02 Å². The van der Waals surface area contributed by atoms with Crippen molar-refractivity contribution in [3.05, 3.63) is 63.2 Å². The number of carbonyl (C=O) groups is 2. The van der Waals surface area contributed by atoms with Gasteiger partial charge < -0.3 is 10.1 Å². The summed E-state index contributed by atoms with van der Waals surface area (Å²) in [6.45, 7) is -0.636. The third-order valence-corrected chi connectivity index (χ3v) is 4.65. The minimum absolute atomic E-state index is 0.256. The Morgan fingerprint density at radius 1 is 1.19 bits per heavy atom. The van der Waals surface area contributed by atoms with E-state index >= 15 is 0 Å². The maximum Gasteiger partial charge on any atom is 0.338 e. The number of carbonyl (C=O) groups excluding carboxylic acids is 2. The van der Waals surface area contributed by atoms with Crippen molar-refractivity contribution in [3.8, 4) is 0 Å². The van der Waals surface area contributed by atoms with Crippen molar-refractivity contribution < 1.29 is 27.7 Å². The Kier molecular flexibility index (Phi) is 6.13. The zero-order chi connectivity index (χ0) is 20.2. The lowest BCUT2D eigenvalue weighted by atomic mass is 10.2. The van der Waals surface area contributed by atoms with Gasteiger partial charge in [-0.05, 0) is 36.4 Å². The molecule has 0 bridgehead atoms. The Bertz CT molecular complexity index is 1000. The largest absolute Gasteiger partial charge is 0.452 e. The summed E-state index contributed by atoms with van der Waals surface area (Å²) < 4.78 is 27.9. The first kappa shape index (κ1) is 20.3. The molecule has 2 rings (SSSR count). The average Bonchev–Trinajstić information content (AvgIpc) is 2.60. The molecule has 0 unspecified atom stereocenters. The first-order valence-corrected chi connectivity index (χ1v) is 9.56. The number of ether oxygens (including phenoxy) is 1. The van der Waals surface area contributed by atoms with Gasteiger partial charge in [0.05, 0.1) is 10.5 Å². The molecule has 2 aromatic carbocycles. The number of hydrogen-bond acceptors (Lipinski definition) is 7. The molecule has 0 radical (unpaired) electrons. The molecule has 0 aromatic heterocycles. The Balaban J connectivity index is 2.07. The first-order chi connectivity index (χ1) is 12.6. The fourth-order valence-corrected chi connectivity index (χ4v) is 3.00. The zero-order valence-electron chi connectivity index (χ0n) is 13.8. The molecule has 142 valence electrons. The molecule has 0 saturated heterocycles. The highest BCUT2D eigenvalue weighted by Crippen LogP contribution is 2.25. The highest BCUT2D eigenvalue weighted by Gasteiger charge is 2.24. The van der Waals surface area contributed by atoms with Crippen LogP contribution in [-0.4, -0.2) is 38.1 Å². The summed E-state index contributed by atoms with van der Waals surface area (Å²) in [5, 5.41) is 14.0. The third-order valence-electron chi connectivity index (χ3n) is 3.25. The summed E-state index contributed by atoms with van der Waals surface area (Å²) in [4.78, 5) is 33.4. The lowest BCUT2D eigenvalue weighted by Crippen LogP contribution is -2.21. The SMILES string of the molecule is CS(=O)(=O)c1ccc(C(=O)OCC(=O)Nc2ccc(Cl)cc2)cc1[N+](=O)[O-]. The van der Waals surface area contributed by atoms with Gasteiger partial charge in [0.25, 0.3) is 11.6 Å². The minimum Gasteiger partial charge on any atom is -0.452 e. The monoisotopic (exact) mass is 412 g/mol. The minimum atomic E-state index is -3.85. The topological polar surface area (TPSA) is 133 Å². The summed E-state index contributed by atoms with van der Waals surface area (Å²) in [6, 6.07) is 9.03. The fourth-order valence-electron chi connectivity index (χ4n) is 2.05. The number of amides is 1. The molecule has 27 heavy (non-hydrogen) atoms. The van der Waals surface area contributed by atoms with E-state index < -0.39 is 43.8 Å². The molecule has 0 aliphatic carbocycles. The number of esters is 1. The second-order valence-corrected chi connectivity index (χ2v) is 7.76. The van der Waals surface area contributed by atoms with E-state index in [1.165, 1.54) is 0 Å². The van der Waals surface area contributed by atoms with Crippen LogP contribution in [0, 0.1) is 10.1 Å². The van der Waals surface area contributed by atoms with Crippen molar-refractivity contribution in [1.29, 1.82) is 0 Å². The molecule has 0 spiro atoms. The van der Waals surface area contributed by atoms with E-state index in [1.807, 2.05) is 0 Å². The van der Waals surface area contributed by atoms with Crippen LogP contribution in [0.4, 0.5) is 11.4 Å². The summed E-state index contributed by atoms with van der Waals surface area (Å²) in [5.74, 6) is -1.64. The van der Waals surface area contributed by atoms with Gasteiger partial charge in [-0.15, -0.1) is 0 Å². The second kappa shape index (κ2) is 8.14. The quantitative estimate of drug-likeness (QED) is 0.437. The molecule has 1 amide bonds. The van der Waals surface area contributed by atoms with Crippen molar-refractivity contribution in [3.63, 3.8) is 0 Å². The molecule has 0 heterocycles. The predicted octanol–water partition coefficient (Wildman–Crippen LogP) is 2.45. The Labute approximate surface area is 159 Å². The van der Waals surface area contributed by atoms with Gasteiger partial charge in [0.1, 0.15) is 4.90 Å². The second-order valence-electron chi connectivity index (χ2n) is 5.34. The number of nitrogens with zero attached hydrogens (tertiary/aromatic N) is 1. The Morgan fingerprint density at radius 2 is 1.81 bits per heavy atom. The number of anilines is 1. The lowest BCUT2D eigenvalue weighted by molar-refractivity contribution is -0.387. The van der Waals surface area contributed by atoms with E-state index in [1.54, 1.807) is 24.3 Å². The van der Waals surface area contributed by atoms with Crippen LogP contribution in [0.15, 0.2) is 47.4 Å². The average molecular weight is 413 g/mol. The highest BCUT2D eigenvalue weighted by atomic mass is 35.5. The summed E-state index contributed by atoms with van der Waals surface area (Å²) in [7, 11) is -3.85. The number of halogens is 1. The van der Waals surface area contributed by atoms with Gasteiger partial charge in [-0.3, -0.25) is 14.9 Å². The molecule has 0 saturated carbocycles. The van der Waals surface area contributed by atoms with E-state index in [4.69, 9.17) is 16.3 Å². The fraction of sp³-hybridized carbons (Fsp3) is 0.125. The van der Waals surface area contributed by atoms with E-state index in [0.717, 1.165) is 24.5 Å². The zero-order valence-corrected chi connectivity index (χ0v) is 15.4. The molecular formula is C16H13ClN2O7S. The van der Waals surface area contributed by atoms with Crippen LogP contribution in [0.25, 0.3) is 0 Å². The van der Waals surface area contributed by atoms with Gasteiger partial charge >= 0.3 is 5.97 Å². The van der Waals surface area contributed by atoms with Crippen LogP contribution >= 0.6 is 11.6 Å². The molecule has 11 heteroatoms. The normalized spacial score (nSPS) is 10.9. The van der Waals surface area contributed by atoms with E-state index in [0.29, 0.717) is 10.7 Å². The molecule has 2 aromatic rings. The molecule has 1 N–H and O–H groups in total. The van der Waals surface area contributed by atoms with Crippen LogP contribution < -0.4 is 5.32 Å². The van der Waals surface area contributed by atoms with Crippen molar-refractivity contribution in [1.82, 2.24) is 0 Å². The number of hydrogen-bond donors (Lipinski definition) is 1. The van der Waals surface area contributed by atoms with Gasteiger partial charge in [-0.25, -0.2) is 13.2 Å².